The van der Waals surface area contributed by atoms with E-state index in [4.69, 9.17) is 25.8 Å². The van der Waals surface area contributed by atoms with Crippen LogP contribution in [0.5, 0.6) is 23.0 Å². The molecule has 194 valence electrons. The quantitative estimate of drug-likeness (QED) is 0.209. The summed E-state index contributed by atoms with van der Waals surface area (Å²) in [6, 6.07) is 29.9. The van der Waals surface area contributed by atoms with Crippen LogP contribution < -0.4 is 19.5 Å². The number of fused-ring (bicyclic) bond motifs is 1. The molecule has 4 aromatic carbocycles. The lowest BCUT2D eigenvalue weighted by Crippen LogP contribution is -2.14. The van der Waals surface area contributed by atoms with Crippen molar-refractivity contribution in [1.29, 1.82) is 0 Å². The third kappa shape index (κ3) is 5.69. The number of carbonyl (C=O) groups excluding carboxylic acids is 1. The van der Waals surface area contributed by atoms with Gasteiger partial charge >= 0.3 is 0 Å². The number of thioether (sulfide) groups is 1. The molecule has 1 N–H and O–H groups in total. The third-order valence-electron chi connectivity index (χ3n) is 5.80. The van der Waals surface area contributed by atoms with Gasteiger partial charge in [-0.05, 0) is 72.8 Å². The zero-order chi connectivity index (χ0) is 26.6. The predicted molar refractivity (Wildman–Crippen MR) is 150 cm³/mol. The fourth-order valence-corrected chi connectivity index (χ4v) is 4.85. The molecule has 0 aliphatic carbocycles. The number of amides is 1. The topological polar surface area (TPSA) is 87.5 Å². The molecule has 0 bridgehead atoms. The van der Waals surface area contributed by atoms with Crippen molar-refractivity contribution in [1.82, 2.24) is 14.8 Å². The Labute approximate surface area is 233 Å². The maximum atomic E-state index is 12.8. The highest BCUT2D eigenvalue weighted by atomic mass is 35.5. The predicted octanol–water partition coefficient (Wildman–Crippen LogP) is 6.84. The van der Waals surface area contributed by atoms with E-state index >= 15 is 0 Å². The van der Waals surface area contributed by atoms with Gasteiger partial charge in [-0.3, -0.25) is 9.36 Å². The van der Waals surface area contributed by atoms with E-state index < -0.39 is 0 Å². The molecule has 10 heteroatoms. The second-order valence-corrected chi connectivity index (χ2v) is 9.84. The number of carbonyl (C=O) groups is 1. The Morgan fingerprint density at radius 3 is 2.44 bits per heavy atom. The van der Waals surface area contributed by atoms with Crippen LogP contribution >= 0.6 is 23.4 Å². The first-order valence-corrected chi connectivity index (χ1v) is 13.4. The molecule has 1 aliphatic rings. The monoisotopic (exact) mass is 556 g/mol. The molecular formula is C29H21ClN4O4S. The molecule has 0 fully saturated rings. The van der Waals surface area contributed by atoms with E-state index in [1.165, 1.54) is 11.8 Å². The van der Waals surface area contributed by atoms with E-state index in [2.05, 4.69) is 15.5 Å². The first-order chi connectivity index (χ1) is 19.1. The Balaban J connectivity index is 1.23. The van der Waals surface area contributed by atoms with Crippen LogP contribution in [0, 0.1) is 0 Å². The molecule has 1 aliphatic heterocycles. The molecule has 8 nitrogen and oxygen atoms in total. The van der Waals surface area contributed by atoms with Gasteiger partial charge < -0.3 is 19.5 Å². The van der Waals surface area contributed by atoms with Crippen molar-refractivity contribution in [3.05, 3.63) is 102 Å². The van der Waals surface area contributed by atoms with Crippen molar-refractivity contribution in [3.63, 3.8) is 0 Å². The first-order valence-electron chi connectivity index (χ1n) is 12.0. The van der Waals surface area contributed by atoms with Gasteiger partial charge in [-0.15, -0.1) is 10.2 Å². The number of ether oxygens (including phenoxy) is 3. The molecule has 5 aromatic rings. The van der Waals surface area contributed by atoms with Gasteiger partial charge in [0.1, 0.15) is 11.5 Å². The number of aromatic nitrogens is 3. The SMILES string of the molecule is O=C(CSc1nnc(-c2ccc(Cl)cc2)n1-c1ccc(Oc2ccccc2)cc1)Nc1ccc2c(c1)OCO2. The smallest absolute Gasteiger partial charge is 0.234 e. The number of anilines is 1. The summed E-state index contributed by atoms with van der Waals surface area (Å²) < 4.78 is 18.6. The van der Waals surface area contributed by atoms with E-state index in [1.807, 2.05) is 71.3 Å². The van der Waals surface area contributed by atoms with Crippen LogP contribution in [0.15, 0.2) is 102 Å². The molecule has 0 saturated carbocycles. The summed E-state index contributed by atoms with van der Waals surface area (Å²) in [6.45, 7) is 0.174. The summed E-state index contributed by atoms with van der Waals surface area (Å²) in [6.07, 6.45) is 0. The van der Waals surface area contributed by atoms with Crippen molar-refractivity contribution in [2.24, 2.45) is 0 Å². The minimum Gasteiger partial charge on any atom is -0.457 e. The number of para-hydroxylation sites is 1. The number of nitrogens with zero attached hydrogens (tertiary/aromatic N) is 3. The lowest BCUT2D eigenvalue weighted by atomic mass is 10.2. The minimum absolute atomic E-state index is 0.127. The highest BCUT2D eigenvalue weighted by Gasteiger charge is 2.19. The van der Waals surface area contributed by atoms with Crippen LogP contribution in [0.4, 0.5) is 5.69 Å². The average molecular weight is 557 g/mol. The lowest BCUT2D eigenvalue weighted by Gasteiger charge is -2.12. The second kappa shape index (κ2) is 11.1. The summed E-state index contributed by atoms with van der Waals surface area (Å²) in [5.74, 6) is 3.28. The van der Waals surface area contributed by atoms with Crippen LogP contribution in [0.3, 0.4) is 0 Å². The van der Waals surface area contributed by atoms with E-state index in [9.17, 15) is 4.79 Å². The molecule has 1 amide bonds. The average Bonchev–Trinajstić information content (AvgIpc) is 3.60. The number of rotatable bonds is 8. The Morgan fingerprint density at radius 1 is 0.897 bits per heavy atom. The summed E-state index contributed by atoms with van der Waals surface area (Å²) in [4.78, 5) is 12.8. The lowest BCUT2D eigenvalue weighted by molar-refractivity contribution is -0.113. The molecule has 39 heavy (non-hydrogen) atoms. The van der Waals surface area contributed by atoms with Crippen LogP contribution in [-0.2, 0) is 4.79 Å². The maximum Gasteiger partial charge on any atom is 0.234 e. The number of hydrogen-bond acceptors (Lipinski definition) is 7. The number of nitrogens with one attached hydrogen (secondary N) is 1. The largest absolute Gasteiger partial charge is 0.457 e. The molecule has 2 heterocycles. The van der Waals surface area contributed by atoms with E-state index in [-0.39, 0.29) is 18.5 Å². The van der Waals surface area contributed by atoms with Crippen LogP contribution in [0.25, 0.3) is 17.1 Å². The highest BCUT2D eigenvalue weighted by Crippen LogP contribution is 2.35. The van der Waals surface area contributed by atoms with Gasteiger partial charge in [-0.25, -0.2) is 0 Å². The summed E-state index contributed by atoms with van der Waals surface area (Å²) in [5, 5.41) is 12.9. The molecule has 6 rings (SSSR count). The maximum absolute atomic E-state index is 12.8. The molecule has 0 unspecified atom stereocenters. The van der Waals surface area contributed by atoms with E-state index in [0.29, 0.717) is 38.9 Å². The molecule has 0 saturated heterocycles. The zero-order valence-electron chi connectivity index (χ0n) is 20.4. The Bertz CT molecular complexity index is 1610. The summed E-state index contributed by atoms with van der Waals surface area (Å²) in [5.41, 5.74) is 2.29. The fourth-order valence-electron chi connectivity index (χ4n) is 3.97. The molecule has 0 radical (unpaired) electrons. The Morgan fingerprint density at radius 2 is 1.64 bits per heavy atom. The van der Waals surface area contributed by atoms with Crippen LogP contribution in [0.1, 0.15) is 0 Å². The zero-order valence-corrected chi connectivity index (χ0v) is 22.0. The van der Waals surface area contributed by atoms with Gasteiger partial charge in [0.2, 0.25) is 12.7 Å². The van der Waals surface area contributed by atoms with Crippen molar-refractivity contribution >= 4 is 35.0 Å². The Kier molecular flexibility index (Phi) is 7.07. The minimum atomic E-state index is -0.187. The van der Waals surface area contributed by atoms with Crippen LogP contribution in [-0.4, -0.2) is 33.2 Å². The standard InChI is InChI=1S/C29H21ClN4O4S/c30-20-8-6-19(7-9-20)28-32-33-29(39-17-27(35)31-21-10-15-25-26(16-21)37-18-36-25)34(28)22-11-13-24(14-12-22)38-23-4-2-1-3-5-23/h1-16H,17-18H2,(H,31,35). The van der Waals surface area contributed by atoms with Gasteiger partial charge in [-0.1, -0.05) is 41.6 Å². The normalized spacial score (nSPS) is 11.8. The first kappa shape index (κ1) is 24.8. The fraction of sp³-hybridized carbons (Fsp3) is 0.0690. The van der Waals surface area contributed by atoms with Gasteiger partial charge in [0, 0.05) is 28.0 Å². The molecule has 1 aromatic heterocycles. The molecular weight excluding hydrogens is 536 g/mol. The van der Waals surface area contributed by atoms with Crippen molar-refractivity contribution in [3.8, 4) is 40.1 Å². The number of benzene rings is 4. The van der Waals surface area contributed by atoms with Gasteiger partial charge in [-0.2, -0.15) is 0 Å². The van der Waals surface area contributed by atoms with Crippen molar-refractivity contribution in [2.75, 3.05) is 17.9 Å². The molecule has 0 atom stereocenters. The highest BCUT2D eigenvalue weighted by molar-refractivity contribution is 7.99. The number of halogens is 1. The third-order valence-corrected chi connectivity index (χ3v) is 6.98. The van der Waals surface area contributed by atoms with Crippen LogP contribution in [0.2, 0.25) is 5.02 Å². The van der Waals surface area contributed by atoms with Gasteiger partial charge in [0.05, 0.1) is 5.75 Å². The van der Waals surface area contributed by atoms with Gasteiger partial charge in [0.15, 0.2) is 22.5 Å². The van der Waals surface area contributed by atoms with E-state index in [1.54, 1.807) is 30.3 Å². The van der Waals surface area contributed by atoms with Crippen molar-refractivity contribution < 1.29 is 19.0 Å². The second-order valence-electron chi connectivity index (χ2n) is 8.46. The Hall–Kier alpha value is -4.47. The summed E-state index contributed by atoms with van der Waals surface area (Å²) in [7, 11) is 0. The number of hydrogen-bond donors (Lipinski definition) is 1. The van der Waals surface area contributed by atoms with Gasteiger partial charge in [0.25, 0.3) is 0 Å². The van der Waals surface area contributed by atoms with Crippen molar-refractivity contribution in [2.45, 2.75) is 5.16 Å². The summed E-state index contributed by atoms with van der Waals surface area (Å²) >= 11 is 7.39. The molecule has 0 spiro atoms. The van der Waals surface area contributed by atoms with E-state index in [0.717, 1.165) is 17.0 Å².